The van der Waals surface area contributed by atoms with Crippen LogP contribution in [0.25, 0.3) is 16.6 Å². The Morgan fingerprint density at radius 2 is 2.06 bits per heavy atom. The van der Waals surface area contributed by atoms with Crippen LogP contribution in [0.5, 0.6) is 5.75 Å². The molecular formula is C23H23N3O5. The number of carbonyl (C=O) groups is 2. The number of hydrogen-bond donors (Lipinski definition) is 1. The van der Waals surface area contributed by atoms with Gasteiger partial charge in [-0.15, -0.1) is 0 Å². The van der Waals surface area contributed by atoms with Crippen molar-refractivity contribution in [1.29, 1.82) is 0 Å². The molecule has 0 aliphatic heterocycles. The van der Waals surface area contributed by atoms with Crippen molar-refractivity contribution in [2.75, 3.05) is 27.8 Å². The number of benzene rings is 2. The number of esters is 1. The summed E-state index contributed by atoms with van der Waals surface area (Å²) in [7, 11) is 4.50. The van der Waals surface area contributed by atoms with Crippen LogP contribution in [0.15, 0.2) is 42.5 Å². The number of nitrogens with zero attached hydrogens (tertiary/aromatic N) is 3. The molecule has 0 bridgehead atoms. The summed E-state index contributed by atoms with van der Waals surface area (Å²) in [6.07, 6.45) is 0.197. The lowest BCUT2D eigenvalue weighted by atomic mass is 10.1. The minimum Gasteiger partial charge on any atom is -0.494 e. The second-order valence-electron chi connectivity index (χ2n) is 6.82. The standard InChI is InChI=1S/C23H23N3O5/c1-25(15-27)13-12-18(28)11-10-16-6-4-7-17(14-16)26-22-19(8-5-9-20(22)30-2)21(24-26)23(29)31-3/h4-9,14-15,18,28H,12-13H2,1-3H3. The number of para-hydroxylation sites is 1. The molecule has 31 heavy (non-hydrogen) atoms. The topological polar surface area (TPSA) is 93.9 Å². The number of rotatable bonds is 7. The minimum atomic E-state index is -0.859. The molecule has 0 aliphatic rings. The lowest BCUT2D eigenvalue weighted by Crippen LogP contribution is -2.21. The highest BCUT2D eigenvalue weighted by atomic mass is 16.5. The average molecular weight is 421 g/mol. The van der Waals surface area contributed by atoms with Crippen LogP contribution in [0.1, 0.15) is 22.5 Å². The molecule has 0 spiro atoms. The molecule has 3 rings (SSSR count). The molecule has 3 aromatic rings. The number of amides is 1. The fourth-order valence-corrected chi connectivity index (χ4v) is 3.07. The van der Waals surface area contributed by atoms with E-state index in [1.54, 1.807) is 43.1 Å². The third-order valence-electron chi connectivity index (χ3n) is 4.67. The van der Waals surface area contributed by atoms with Crippen LogP contribution in [0.3, 0.4) is 0 Å². The molecule has 1 aromatic heterocycles. The van der Waals surface area contributed by atoms with Gasteiger partial charge in [0.05, 0.1) is 19.9 Å². The van der Waals surface area contributed by atoms with Gasteiger partial charge in [-0.2, -0.15) is 5.10 Å². The smallest absolute Gasteiger partial charge is 0.359 e. The molecule has 2 aromatic carbocycles. The SMILES string of the molecule is COC(=O)c1nn(-c2cccc(C#CC(O)CCN(C)C=O)c2)c2c(OC)cccc12. The van der Waals surface area contributed by atoms with Crippen LogP contribution >= 0.6 is 0 Å². The van der Waals surface area contributed by atoms with Crippen molar-refractivity contribution >= 4 is 23.3 Å². The first-order valence-electron chi connectivity index (χ1n) is 9.58. The number of aliphatic hydroxyl groups is 1. The molecule has 1 amide bonds. The van der Waals surface area contributed by atoms with Crippen LogP contribution in [0, 0.1) is 11.8 Å². The number of aliphatic hydroxyl groups excluding tert-OH is 1. The summed E-state index contributed by atoms with van der Waals surface area (Å²) in [4.78, 5) is 24.3. The van der Waals surface area contributed by atoms with Crippen LogP contribution in [-0.2, 0) is 9.53 Å². The highest BCUT2D eigenvalue weighted by molar-refractivity contribution is 6.04. The van der Waals surface area contributed by atoms with Crippen molar-refractivity contribution in [2.24, 2.45) is 0 Å². The fourth-order valence-electron chi connectivity index (χ4n) is 3.07. The summed E-state index contributed by atoms with van der Waals surface area (Å²) in [5.74, 6) is 5.74. The molecule has 0 saturated heterocycles. The second kappa shape index (κ2) is 9.78. The maximum absolute atomic E-state index is 12.2. The Morgan fingerprint density at radius 1 is 1.29 bits per heavy atom. The molecule has 160 valence electrons. The lowest BCUT2D eigenvalue weighted by Gasteiger charge is -2.10. The van der Waals surface area contributed by atoms with E-state index in [9.17, 15) is 14.7 Å². The van der Waals surface area contributed by atoms with Gasteiger partial charge in [-0.25, -0.2) is 9.48 Å². The Hall–Kier alpha value is -3.83. The predicted octanol–water partition coefficient (Wildman–Crippen LogP) is 2.01. The Bertz CT molecular complexity index is 1160. The van der Waals surface area contributed by atoms with Crippen LogP contribution < -0.4 is 4.74 Å². The quantitative estimate of drug-likeness (QED) is 0.356. The zero-order valence-corrected chi connectivity index (χ0v) is 17.5. The molecule has 8 heteroatoms. The minimum absolute atomic E-state index is 0.183. The van der Waals surface area contributed by atoms with Gasteiger partial charge in [0.1, 0.15) is 17.4 Å². The van der Waals surface area contributed by atoms with Crippen molar-refractivity contribution in [3.63, 3.8) is 0 Å². The zero-order valence-electron chi connectivity index (χ0n) is 17.5. The monoisotopic (exact) mass is 421 g/mol. The summed E-state index contributed by atoms with van der Waals surface area (Å²) in [5.41, 5.74) is 2.15. The summed E-state index contributed by atoms with van der Waals surface area (Å²) in [5, 5.41) is 15.1. The van der Waals surface area contributed by atoms with Crippen molar-refractivity contribution in [3.8, 4) is 23.3 Å². The van der Waals surface area contributed by atoms with E-state index in [0.717, 1.165) is 0 Å². The van der Waals surface area contributed by atoms with Gasteiger partial charge in [0.25, 0.3) is 0 Å². The van der Waals surface area contributed by atoms with Gasteiger partial charge in [0, 0.05) is 31.0 Å². The summed E-state index contributed by atoms with van der Waals surface area (Å²) >= 11 is 0. The fraction of sp³-hybridized carbons (Fsp3) is 0.261. The Labute approximate surface area is 180 Å². The van der Waals surface area contributed by atoms with E-state index in [0.29, 0.717) is 47.3 Å². The summed E-state index contributed by atoms with van der Waals surface area (Å²) < 4.78 is 12.0. The predicted molar refractivity (Wildman–Crippen MR) is 115 cm³/mol. The number of carbonyl (C=O) groups excluding carboxylic acids is 2. The molecule has 0 radical (unpaired) electrons. The van der Waals surface area contributed by atoms with E-state index >= 15 is 0 Å². The van der Waals surface area contributed by atoms with Crippen LogP contribution in [0.4, 0.5) is 0 Å². The van der Waals surface area contributed by atoms with E-state index in [4.69, 9.17) is 9.47 Å². The van der Waals surface area contributed by atoms with Crippen LogP contribution in [0.2, 0.25) is 0 Å². The highest BCUT2D eigenvalue weighted by Gasteiger charge is 2.21. The molecule has 0 aliphatic carbocycles. The molecule has 1 N–H and O–H groups in total. The van der Waals surface area contributed by atoms with Crippen LogP contribution in [-0.4, -0.2) is 66.1 Å². The first kappa shape index (κ1) is 21.9. The van der Waals surface area contributed by atoms with E-state index in [1.165, 1.54) is 12.0 Å². The maximum atomic E-state index is 12.2. The summed E-state index contributed by atoms with van der Waals surface area (Å²) in [6.45, 7) is 0.411. The Balaban J connectivity index is 1.99. The molecule has 1 atom stereocenters. The largest absolute Gasteiger partial charge is 0.494 e. The first-order valence-corrected chi connectivity index (χ1v) is 9.58. The van der Waals surface area contributed by atoms with E-state index in [2.05, 4.69) is 16.9 Å². The van der Waals surface area contributed by atoms with Crippen molar-refractivity contribution < 1.29 is 24.2 Å². The molecule has 1 unspecified atom stereocenters. The van der Waals surface area contributed by atoms with E-state index in [1.807, 2.05) is 18.2 Å². The molecule has 1 heterocycles. The normalized spacial score (nSPS) is 11.4. The third-order valence-corrected chi connectivity index (χ3v) is 4.67. The van der Waals surface area contributed by atoms with Gasteiger partial charge >= 0.3 is 5.97 Å². The van der Waals surface area contributed by atoms with Gasteiger partial charge in [0.15, 0.2) is 5.69 Å². The third kappa shape index (κ3) is 4.85. The molecule has 0 fully saturated rings. The van der Waals surface area contributed by atoms with Gasteiger partial charge in [0.2, 0.25) is 6.41 Å². The number of hydrogen-bond acceptors (Lipinski definition) is 6. The second-order valence-corrected chi connectivity index (χ2v) is 6.82. The van der Waals surface area contributed by atoms with E-state index in [-0.39, 0.29) is 5.69 Å². The van der Waals surface area contributed by atoms with Gasteiger partial charge in [-0.3, -0.25) is 4.79 Å². The summed E-state index contributed by atoms with van der Waals surface area (Å²) in [6, 6.07) is 12.6. The number of methoxy groups -OCH3 is 2. The average Bonchev–Trinajstić information content (AvgIpc) is 3.20. The number of aromatic nitrogens is 2. The Morgan fingerprint density at radius 3 is 2.77 bits per heavy atom. The van der Waals surface area contributed by atoms with Gasteiger partial charge in [-0.05, 0) is 24.3 Å². The highest BCUT2D eigenvalue weighted by Crippen LogP contribution is 2.30. The lowest BCUT2D eigenvalue weighted by molar-refractivity contribution is -0.117. The van der Waals surface area contributed by atoms with Crippen molar-refractivity contribution in [2.45, 2.75) is 12.5 Å². The van der Waals surface area contributed by atoms with Crippen molar-refractivity contribution in [3.05, 3.63) is 53.7 Å². The molecule has 8 nitrogen and oxygen atoms in total. The zero-order chi connectivity index (χ0) is 22.4. The van der Waals surface area contributed by atoms with Crippen molar-refractivity contribution in [1.82, 2.24) is 14.7 Å². The van der Waals surface area contributed by atoms with Gasteiger partial charge < -0.3 is 19.5 Å². The van der Waals surface area contributed by atoms with Gasteiger partial charge in [-0.1, -0.05) is 30.0 Å². The number of ether oxygens (including phenoxy) is 2. The maximum Gasteiger partial charge on any atom is 0.359 e. The van der Waals surface area contributed by atoms with E-state index < -0.39 is 12.1 Å². The number of fused-ring (bicyclic) bond motifs is 1. The molecular weight excluding hydrogens is 398 g/mol. The molecule has 0 saturated carbocycles. The first-order chi connectivity index (χ1) is 15.0. The Kier molecular flexibility index (Phi) is 6.90.